The van der Waals surface area contributed by atoms with Gasteiger partial charge < -0.3 is 20.3 Å². The summed E-state index contributed by atoms with van der Waals surface area (Å²) < 4.78 is 5.41. The van der Waals surface area contributed by atoms with E-state index in [-0.39, 0.29) is 6.09 Å². The van der Waals surface area contributed by atoms with Crippen LogP contribution in [0.1, 0.15) is 26.3 Å². The van der Waals surface area contributed by atoms with E-state index in [9.17, 15) is 4.79 Å². The smallest absolute Gasteiger partial charge is 0.410 e. The second kappa shape index (κ2) is 6.82. The fourth-order valence-corrected chi connectivity index (χ4v) is 2.58. The molecule has 0 aliphatic carbocycles. The number of amides is 1. The van der Waals surface area contributed by atoms with Crippen molar-refractivity contribution < 1.29 is 9.53 Å². The molecule has 1 saturated heterocycles. The Morgan fingerprint density at radius 2 is 1.91 bits per heavy atom. The Bertz CT molecular complexity index is 606. The second-order valence-corrected chi connectivity index (χ2v) is 6.77. The highest BCUT2D eigenvalue weighted by Gasteiger charge is 2.26. The maximum Gasteiger partial charge on any atom is 0.410 e. The van der Waals surface area contributed by atoms with Gasteiger partial charge in [-0.05, 0) is 44.5 Å². The first kappa shape index (κ1) is 17.0. The van der Waals surface area contributed by atoms with Crippen molar-refractivity contribution in [1.29, 1.82) is 0 Å². The van der Waals surface area contributed by atoms with E-state index in [2.05, 4.69) is 16.9 Å². The third-order valence-corrected chi connectivity index (χ3v) is 3.60. The van der Waals surface area contributed by atoms with Gasteiger partial charge in [0.1, 0.15) is 5.60 Å². The molecule has 124 valence electrons. The second-order valence-electron chi connectivity index (χ2n) is 6.77. The molecule has 0 aromatic heterocycles. The van der Waals surface area contributed by atoms with Gasteiger partial charge in [0.05, 0.1) is 0 Å². The van der Waals surface area contributed by atoms with Crippen molar-refractivity contribution in [2.45, 2.75) is 32.8 Å². The number of anilines is 2. The molecule has 1 amide bonds. The summed E-state index contributed by atoms with van der Waals surface area (Å²) in [6, 6.07) is 5.92. The van der Waals surface area contributed by atoms with Gasteiger partial charge in [-0.3, -0.25) is 0 Å². The minimum Gasteiger partial charge on any atom is -0.444 e. The van der Waals surface area contributed by atoms with Gasteiger partial charge >= 0.3 is 6.09 Å². The number of rotatable bonds is 2. The molecule has 2 rings (SSSR count). The predicted molar refractivity (Wildman–Crippen MR) is 93.4 cm³/mol. The molecule has 0 atom stereocenters. The van der Waals surface area contributed by atoms with Crippen LogP contribution < -0.4 is 10.6 Å². The van der Waals surface area contributed by atoms with Crippen molar-refractivity contribution in [3.05, 3.63) is 23.8 Å². The molecular formula is C18H25N3O2. The number of nitrogen functional groups attached to an aromatic ring is 1. The van der Waals surface area contributed by atoms with E-state index in [0.29, 0.717) is 25.2 Å². The van der Waals surface area contributed by atoms with Gasteiger partial charge in [0.2, 0.25) is 0 Å². The molecule has 23 heavy (non-hydrogen) atoms. The molecule has 0 spiro atoms. The van der Waals surface area contributed by atoms with Crippen molar-refractivity contribution >= 4 is 17.5 Å². The zero-order chi connectivity index (χ0) is 17.0. The Kier molecular flexibility index (Phi) is 5.05. The number of piperazine rings is 1. The largest absolute Gasteiger partial charge is 0.444 e. The van der Waals surface area contributed by atoms with Crippen LogP contribution in [0.5, 0.6) is 0 Å². The van der Waals surface area contributed by atoms with Crippen LogP contribution in [0.15, 0.2) is 18.2 Å². The molecule has 1 fully saturated rings. The number of terminal acetylenes is 1. The summed E-state index contributed by atoms with van der Waals surface area (Å²) in [6.45, 7) is 8.39. The molecule has 0 saturated carbocycles. The molecule has 1 aliphatic heterocycles. The summed E-state index contributed by atoms with van der Waals surface area (Å²) in [6.07, 6.45) is 5.69. The first-order valence-electron chi connectivity index (χ1n) is 7.84. The zero-order valence-corrected chi connectivity index (χ0v) is 14.1. The zero-order valence-electron chi connectivity index (χ0n) is 14.1. The van der Waals surface area contributed by atoms with Crippen LogP contribution in [0.4, 0.5) is 16.2 Å². The van der Waals surface area contributed by atoms with Gasteiger partial charge in [-0.25, -0.2) is 4.79 Å². The lowest BCUT2D eigenvalue weighted by Gasteiger charge is -2.37. The van der Waals surface area contributed by atoms with Gasteiger partial charge in [-0.1, -0.05) is 0 Å². The summed E-state index contributed by atoms with van der Waals surface area (Å²) in [4.78, 5) is 16.1. The molecule has 0 radical (unpaired) electrons. The summed E-state index contributed by atoms with van der Waals surface area (Å²) in [7, 11) is 0. The van der Waals surface area contributed by atoms with Crippen LogP contribution in [0, 0.1) is 12.3 Å². The molecule has 1 aliphatic rings. The lowest BCUT2D eigenvalue weighted by molar-refractivity contribution is 0.0240. The maximum absolute atomic E-state index is 12.1. The van der Waals surface area contributed by atoms with Gasteiger partial charge in [-0.2, -0.15) is 0 Å². The highest BCUT2D eigenvalue weighted by Crippen LogP contribution is 2.23. The highest BCUT2D eigenvalue weighted by molar-refractivity contribution is 5.69. The van der Waals surface area contributed by atoms with E-state index in [1.807, 2.05) is 32.9 Å². The van der Waals surface area contributed by atoms with Crippen molar-refractivity contribution in [3.63, 3.8) is 0 Å². The highest BCUT2D eigenvalue weighted by atomic mass is 16.6. The topological polar surface area (TPSA) is 58.8 Å². The Morgan fingerprint density at radius 1 is 1.26 bits per heavy atom. The normalized spacial score (nSPS) is 15.2. The van der Waals surface area contributed by atoms with Gasteiger partial charge in [0.15, 0.2) is 0 Å². The monoisotopic (exact) mass is 315 g/mol. The van der Waals surface area contributed by atoms with E-state index < -0.39 is 5.60 Å². The number of ether oxygens (including phenoxy) is 1. The molecule has 5 heteroatoms. The van der Waals surface area contributed by atoms with Gasteiger partial charge in [0.25, 0.3) is 0 Å². The van der Waals surface area contributed by atoms with Crippen molar-refractivity contribution in [2.24, 2.45) is 0 Å². The van der Waals surface area contributed by atoms with E-state index in [1.165, 1.54) is 0 Å². The van der Waals surface area contributed by atoms with Crippen LogP contribution in [0.2, 0.25) is 0 Å². The van der Waals surface area contributed by atoms with E-state index in [4.69, 9.17) is 16.9 Å². The number of nitrogens with two attached hydrogens (primary N) is 1. The van der Waals surface area contributed by atoms with Crippen LogP contribution in [-0.2, 0) is 11.2 Å². The predicted octanol–water partition coefficient (Wildman–Crippen LogP) is 2.50. The van der Waals surface area contributed by atoms with Gasteiger partial charge in [0, 0.05) is 44.0 Å². The average Bonchev–Trinajstić information content (AvgIpc) is 2.45. The fraction of sp³-hybridized carbons (Fsp3) is 0.500. The third-order valence-electron chi connectivity index (χ3n) is 3.60. The Hall–Kier alpha value is -2.35. The molecule has 0 bridgehead atoms. The molecule has 1 heterocycles. The minimum atomic E-state index is -0.466. The molecule has 1 aromatic carbocycles. The van der Waals surface area contributed by atoms with Crippen molar-refractivity contribution in [3.8, 4) is 12.3 Å². The molecule has 5 nitrogen and oxygen atoms in total. The van der Waals surface area contributed by atoms with Crippen LogP contribution in [-0.4, -0.2) is 42.8 Å². The lowest BCUT2D eigenvalue weighted by atomic mass is 10.1. The number of benzene rings is 1. The van der Waals surface area contributed by atoms with Crippen molar-refractivity contribution in [2.75, 3.05) is 36.8 Å². The van der Waals surface area contributed by atoms with Crippen LogP contribution >= 0.6 is 0 Å². The minimum absolute atomic E-state index is 0.252. The maximum atomic E-state index is 12.1. The third kappa shape index (κ3) is 4.82. The first-order chi connectivity index (χ1) is 10.8. The molecule has 2 N–H and O–H groups in total. The number of hydrogen-bond acceptors (Lipinski definition) is 4. The number of carbonyl (C=O) groups excluding carboxylic acids is 1. The summed E-state index contributed by atoms with van der Waals surface area (Å²) in [5, 5.41) is 0. The summed E-state index contributed by atoms with van der Waals surface area (Å²) >= 11 is 0. The van der Waals surface area contributed by atoms with E-state index in [1.54, 1.807) is 4.90 Å². The Balaban J connectivity index is 1.99. The molecular weight excluding hydrogens is 290 g/mol. The van der Waals surface area contributed by atoms with Crippen LogP contribution in [0.25, 0.3) is 0 Å². The standard InChI is InChI=1S/C18H25N3O2/c1-5-6-14-11-15(19)13-16(12-14)20-7-9-21(10-8-20)17(22)23-18(2,3)4/h1,11-13H,6-10,19H2,2-4H3. The quantitative estimate of drug-likeness (QED) is 0.673. The number of carbonyl (C=O) groups is 1. The number of hydrogen-bond donors (Lipinski definition) is 1. The lowest BCUT2D eigenvalue weighted by Crippen LogP contribution is -2.50. The first-order valence-corrected chi connectivity index (χ1v) is 7.84. The molecule has 0 unspecified atom stereocenters. The Morgan fingerprint density at radius 3 is 2.48 bits per heavy atom. The average molecular weight is 315 g/mol. The number of nitrogens with zero attached hydrogens (tertiary/aromatic N) is 2. The van der Waals surface area contributed by atoms with Crippen molar-refractivity contribution in [1.82, 2.24) is 4.90 Å². The van der Waals surface area contributed by atoms with Gasteiger partial charge in [-0.15, -0.1) is 12.3 Å². The summed E-state index contributed by atoms with van der Waals surface area (Å²) in [5.74, 6) is 2.64. The SMILES string of the molecule is C#CCc1cc(N)cc(N2CCN(C(=O)OC(C)(C)C)CC2)c1. The van der Waals surface area contributed by atoms with E-state index >= 15 is 0 Å². The van der Waals surface area contributed by atoms with Crippen LogP contribution in [0.3, 0.4) is 0 Å². The summed E-state index contributed by atoms with van der Waals surface area (Å²) in [5.41, 5.74) is 8.30. The Labute approximate surface area is 138 Å². The van der Waals surface area contributed by atoms with E-state index in [0.717, 1.165) is 24.3 Å². The molecule has 1 aromatic rings. The fourth-order valence-electron chi connectivity index (χ4n) is 2.58.